The molecule has 0 aliphatic carbocycles. The molecule has 0 radical (unpaired) electrons. The van der Waals surface area contributed by atoms with Crippen molar-refractivity contribution in [3.05, 3.63) is 66.2 Å². The number of benzene rings is 2. The third-order valence-electron chi connectivity index (χ3n) is 4.46. The summed E-state index contributed by atoms with van der Waals surface area (Å²) in [5, 5.41) is 5.90. The van der Waals surface area contributed by atoms with Crippen molar-refractivity contribution in [2.45, 2.75) is 6.92 Å². The summed E-state index contributed by atoms with van der Waals surface area (Å²) < 4.78 is 10.9. The number of morpholine rings is 1. The lowest BCUT2D eigenvalue weighted by atomic mass is 10.1. The van der Waals surface area contributed by atoms with Crippen LogP contribution in [0.2, 0.25) is 0 Å². The smallest absolute Gasteiger partial charge is 0.254 e. The minimum absolute atomic E-state index is 0.0564. The average molecular weight is 409 g/mol. The van der Waals surface area contributed by atoms with Crippen molar-refractivity contribution in [1.82, 2.24) is 4.90 Å². The van der Waals surface area contributed by atoms with Crippen molar-refractivity contribution in [1.29, 1.82) is 0 Å². The summed E-state index contributed by atoms with van der Waals surface area (Å²) in [6, 6.07) is 14.4. The molecule has 1 aliphatic heterocycles. The molecule has 0 saturated carbocycles. The number of amides is 2. The van der Waals surface area contributed by atoms with Crippen LogP contribution in [0.4, 0.5) is 11.4 Å². The molecule has 1 fully saturated rings. The van der Waals surface area contributed by atoms with Gasteiger partial charge in [0.05, 0.1) is 19.8 Å². The SMILES string of the molecule is C=C(C)COc1cccc(NCC(=O)Nc2cccc(C(=O)N3CCOCC3)c2)c1. The Morgan fingerprint density at radius 2 is 1.83 bits per heavy atom. The maximum Gasteiger partial charge on any atom is 0.254 e. The normalized spacial score (nSPS) is 13.4. The van der Waals surface area contributed by atoms with E-state index in [1.165, 1.54) is 0 Å². The number of nitrogens with one attached hydrogen (secondary N) is 2. The number of carbonyl (C=O) groups is 2. The first-order valence-electron chi connectivity index (χ1n) is 9.89. The molecule has 2 aromatic carbocycles. The first kappa shape index (κ1) is 21.4. The van der Waals surface area contributed by atoms with E-state index < -0.39 is 0 Å². The van der Waals surface area contributed by atoms with E-state index in [1.807, 2.05) is 31.2 Å². The van der Waals surface area contributed by atoms with Gasteiger partial charge in [-0.1, -0.05) is 18.7 Å². The Labute approximate surface area is 176 Å². The molecule has 7 heteroatoms. The first-order valence-corrected chi connectivity index (χ1v) is 9.89. The van der Waals surface area contributed by atoms with Crippen molar-refractivity contribution >= 4 is 23.2 Å². The van der Waals surface area contributed by atoms with E-state index in [2.05, 4.69) is 17.2 Å². The zero-order valence-corrected chi connectivity index (χ0v) is 17.1. The van der Waals surface area contributed by atoms with Gasteiger partial charge < -0.3 is 25.0 Å². The van der Waals surface area contributed by atoms with Crippen LogP contribution in [0.1, 0.15) is 17.3 Å². The van der Waals surface area contributed by atoms with Crippen LogP contribution in [0, 0.1) is 0 Å². The molecule has 7 nitrogen and oxygen atoms in total. The standard InChI is InChI=1S/C23H27N3O4/c1-17(2)16-30-21-8-4-6-19(14-21)24-15-22(27)25-20-7-3-5-18(13-20)23(28)26-9-11-29-12-10-26/h3-8,13-14,24H,1,9-12,15-16H2,2H3,(H,25,27). The summed E-state index contributed by atoms with van der Waals surface area (Å²) >= 11 is 0. The van der Waals surface area contributed by atoms with Crippen molar-refractivity contribution in [3.63, 3.8) is 0 Å². The summed E-state index contributed by atoms with van der Waals surface area (Å²) in [7, 11) is 0. The Bertz CT molecular complexity index is 907. The number of hydrogen-bond acceptors (Lipinski definition) is 5. The fourth-order valence-corrected chi connectivity index (χ4v) is 2.97. The molecule has 1 saturated heterocycles. The maximum atomic E-state index is 12.6. The lowest BCUT2D eigenvalue weighted by Crippen LogP contribution is -2.40. The maximum absolute atomic E-state index is 12.6. The van der Waals surface area contributed by atoms with Crippen LogP contribution >= 0.6 is 0 Å². The lowest BCUT2D eigenvalue weighted by molar-refractivity contribution is -0.114. The minimum atomic E-state index is -0.209. The second-order valence-corrected chi connectivity index (χ2v) is 7.16. The van der Waals surface area contributed by atoms with Gasteiger partial charge in [-0.25, -0.2) is 0 Å². The van der Waals surface area contributed by atoms with Gasteiger partial charge in [0, 0.05) is 36.1 Å². The highest BCUT2D eigenvalue weighted by Crippen LogP contribution is 2.18. The molecular weight excluding hydrogens is 382 g/mol. The summed E-state index contributed by atoms with van der Waals surface area (Å²) in [5.41, 5.74) is 2.84. The molecule has 158 valence electrons. The van der Waals surface area contributed by atoms with E-state index in [4.69, 9.17) is 9.47 Å². The summed E-state index contributed by atoms with van der Waals surface area (Å²) in [6.07, 6.45) is 0. The van der Waals surface area contributed by atoms with Crippen molar-refractivity contribution in [2.24, 2.45) is 0 Å². The van der Waals surface area contributed by atoms with E-state index in [9.17, 15) is 9.59 Å². The Kier molecular flexibility index (Phi) is 7.45. The molecule has 0 aromatic heterocycles. The molecule has 0 spiro atoms. The molecule has 2 amide bonds. The van der Waals surface area contributed by atoms with Crippen LogP contribution in [-0.2, 0) is 9.53 Å². The topological polar surface area (TPSA) is 79.9 Å². The summed E-state index contributed by atoms with van der Waals surface area (Å²) in [5.74, 6) is 0.441. The Morgan fingerprint density at radius 3 is 2.60 bits per heavy atom. The van der Waals surface area contributed by atoms with Crippen LogP contribution in [0.25, 0.3) is 0 Å². The van der Waals surface area contributed by atoms with E-state index in [0.717, 1.165) is 11.3 Å². The Balaban J connectivity index is 1.53. The zero-order valence-electron chi connectivity index (χ0n) is 17.1. The largest absolute Gasteiger partial charge is 0.489 e. The first-order chi connectivity index (χ1) is 14.5. The molecule has 0 atom stereocenters. The Hall–Kier alpha value is -3.32. The van der Waals surface area contributed by atoms with Crippen LogP contribution in [0.15, 0.2) is 60.7 Å². The van der Waals surface area contributed by atoms with Gasteiger partial charge in [-0.3, -0.25) is 9.59 Å². The summed E-state index contributed by atoms with van der Waals surface area (Å²) in [6.45, 7) is 8.50. The van der Waals surface area contributed by atoms with Crippen molar-refractivity contribution in [2.75, 3.05) is 50.1 Å². The monoisotopic (exact) mass is 409 g/mol. The van der Waals surface area contributed by atoms with Crippen molar-refractivity contribution in [3.8, 4) is 5.75 Å². The van der Waals surface area contributed by atoms with Crippen LogP contribution in [0.3, 0.4) is 0 Å². The third-order valence-corrected chi connectivity index (χ3v) is 4.46. The molecule has 30 heavy (non-hydrogen) atoms. The van der Waals surface area contributed by atoms with E-state index in [0.29, 0.717) is 49.9 Å². The lowest BCUT2D eigenvalue weighted by Gasteiger charge is -2.27. The van der Waals surface area contributed by atoms with Gasteiger partial charge in [-0.05, 0) is 42.8 Å². The fraction of sp³-hybridized carbons (Fsp3) is 0.304. The molecule has 3 rings (SSSR count). The number of rotatable bonds is 8. The van der Waals surface area contributed by atoms with Gasteiger partial charge in [0.25, 0.3) is 5.91 Å². The van der Waals surface area contributed by atoms with Gasteiger partial charge in [0.2, 0.25) is 5.91 Å². The molecule has 0 unspecified atom stereocenters. The quantitative estimate of drug-likeness (QED) is 0.655. The van der Waals surface area contributed by atoms with E-state index in [-0.39, 0.29) is 18.4 Å². The van der Waals surface area contributed by atoms with Crippen LogP contribution in [0.5, 0.6) is 5.75 Å². The highest BCUT2D eigenvalue weighted by Gasteiger charge is 2.18. The van der Waals surface area contributed by atoms with Crippen LogP contribution < -0.4 is 15.4 Å². The number of carbonyl (C=O) groups excluding carboxylic acids is 2. The molecule has 2 aromatic rings. The average Bonchev–Trinajstić information content (AvgIpc) is 2.77. The predicted molar refractivity (Wildman–Crippen MR) is 117 cm³/mol. The van der Waals surface area contributed by atoms with Gasteiger partial charge in [-0.2, -0.15) is 0 Å². The summed E-state index contributed by atoms with van der Waals surface area (Å²) in [4.78, 5) is 26.7. The van der Waals surface area contributed by atoms with Gasteiger partial charge >= 0.3 is 0 Å². The van der Waals surface area contributed by atoms with Crippen molar-refractivity contribution < 1.29 is 19.1 Å². The highest BCUT2D eigenvalue weighted by atomic mass is 16.5. The van der Waals surface area contributed by atoms with Gasteiger partial charge in [0.1, 0.15) is 12.4 Å². The molecule has 1 aliphatic rings. The molecular formula is C23H27N3O4. The van der Waals surface area contributed by atoms with Gasteiger partial charge in [-0.15, -0.1) is 0 Å². The van der Waals surface area contributed by atoms with E-state index in [1.54, 1.807) is 29.2 Å². The molecule has 2 N–H and O–H groups in total. The predicted octanol–water partition coefficient (Wildman–Crippen LogP) is 3.16. The second-order valence-electron chi connectivity index (χ2n) is 7.16. The highest BCUT2D eigenvalue weighted by molar-refractivity contribution is 5.98. The molecule has 0 bridgehead atoms. The fourth-order valence-electron chi connectivity index (χ4n) is 2.97. The van der Waals surface area contributed by atoms with E-state index >= 15 is 0 Å². The molecule has 1 heterocycles. The number of ether oxygens (including phenoxy) is 2. The number of nitrogens with zero attached hydrogens (tertiary/aromatic N) is 1. The minimum Gasteiger partial charge on any atom is -0.489 e. The third kappa shape index (κ3) is 6.35. The zero-order chi connectivity index (χ0) is 21.3. The Morgan fingerprint density at radius 1 is 1.10 bits per heavy atom. The van der Waals surface area contributed by atoms with Gasteiger partial charge in [0.15, 0.2) is 0 Å². The second kappa shape index (κ2) is 10.5. The number of anilines is 2. The number of hydrogen-bond donors (Lipinski definition) is 2. The van der Waals surface area contributed by atoms with Crippen LogP contribution in [-0.4, -0.2) is 56.2 Å².